The van der Waals surface area contributed by atoms with Crippen LogP contribution in [-0.4, -0.2) is 38.5 Å². The third kappa shape index (κ3) is 4.36. The monoisotopic (exact) mass is 337 g/mol. The number of benzene rings is 1. The summed E-state index contributed by atoms with van der Waals surface area (Å²) in [4.78, 5) is 11.6. The number of sulfone groups is 1. The van der Waals surface area contributed by atoms with Crippen LogP contribution in [0.25, 0.3) is 0 Å². The minimum Gasteiger partial charge on any atom is -0.483 e. The Balaban J connectivity index is 1.92. The van der Waals surface area contributed by atoms with E-state index >= 15 is 0 Å². The van der Waals surface area contributed by atoms with Crippen molar-refractivity contribution < 1.29 is 31.1 Å². The summed E-state index contributed by atoms with van der Waals surface area (Å²) in [5.74, 6) is -1.25. The molecule has 1 atom stereocenters. The molecule has 0 radical (unpaired) electrons. The lowest BCUT2D eigenvalue weighted by molar-refractivity contribution is -0.139. The average molecular weight is 337 g/mol. The summed E-state index contributed by atoms with van der Waals surface area (Å²) in [6.45, 7) is -0.607. The summed E-state index contributed by atoms with van der Waals surface area (Å²) in [7, 11) is -3.14. The number of halogens is 3. The molecule has 0 bridgehead atoms. The van der Waals surface area contributed by atoms with Gasteiger partial charge in [0, 0.05) is 6.04 Å². The maximum atomic E-state index is 12.7. The van der Waals surface area contributed by atoms with Crippen molar-refractivity contribution in [3.05, 3.63) is 29.8 Å². The third-order valence-electron chi connectivity index (χ3n) is 3.15. The molecule has 9 heteroatoms. The second-order valence-corrected chi connectivity index (χ2v) is 7.18. The Labute approximate surface area is 125 Å². The molecule has 2 rings (SSSR count). The van der Waals surface area contributed by atoms with Crippen LogP contribution in [0.2, 0.25) is 0 Å². The fourth-order valence-corrected chi connectivity index (χ4v) is 3.82. The third-order valence-corrected chi connectivity index (χ3v) is 4.92. The van der Waals surface area contributed by atoms with E-state index in [9.17, 15) is 26.4 Å². The zero-order valence-corrected chi connectivity index (χ0v) is 12.2. The molecule has 1 aliphatic rings. The molecule has 1 aromatic rings. The highest BCUT2D eigenvalue weighted by Crippen LogP contribution is 2.35. The molecule has 0 saturated carbocycles. The van der Waals surface area contributed by atoms with Crippen molar-refractivity contribution in [1.82, 2.24) is 5.32 Å². The fraction of sp³-hybridized carbons (Fsp3) is 0.462. The SMILES string of the molecule is O=C(COc1ccccc1C(F)(F)F)NC1CCS(=O)(=O)C1. The molecule has 1 aliphatic heterocycles. The number of ether oxygens (including phenoxy) is 1. The van der Waals surface area contributed by atoms with Crippen molar-refractivity contribution in [1.29, 1.82) is 0 Å². The highest BCUT2D eigenvalue weighted by molar-refractivity contribution is 7.91. The quantitative estimate of drug-likeness (QED) is 0.901. The summed E-state index contributed by atoms with van der Waals surface area (Å²) in [5.41, 5.74) is -0.966. The van der Waals surface area contributed by atoms with Gasteiger partial charge in [-0.1, -0.05) is 12.1 Å². The van der Waals surface area contributed by atoms with Crippen molar-refractivity contribution in [2.24, 2.45) is 0 Å². The number of para-hydroxylation sites is 1. The van der Waals surface area contributed by atoms with Crippen LogP contribution in [0.3, 0.4) is 0 Å². The molecule has 22 heavy (non-hydrogen) atoms. The molecule has 1 saturated heterocycles. The number of nitrogens with one attached hydrogen (secondary N) is 1. The van der Waals surface area contributed by atoms with Gasteiger partial charge in [-0.25, -0.2) is 8.42 Å². The maximum absolute atomic E-state index is 12.7. The smallest absolute Gasteiger partial charge is 0.419 e. The standard InChI is InChI=1S/C13H14F3NO4S/c14-13(15,16)10-3-1-2-4-11(10)21-7-12(18)17-9-5-6-22(19,20)8-9/h1-4,9H,5-8H2,(H,17,18). The van der Waals surface area contributed by atoms with Gasteiger partial charge in [0.05, 0.1) is 17.1 Å². The molecular formula is C13H14F3NO4S. The van der Waals surface area contributed by atoms with E-state index in [0.29, 0.717) is 6.42 Å². The van der Waals surface area contributed by atoms with Gasteiger partial charge < -0.3 is 10.1 Å². The van der Waals surface area contributed by atoms with Crippen molar-refractivity contribution in [2.75, 3.05) is 18.1 Å². The lowest BCUT2D eigenvalue weighted by atomic mass is 10.2. The van der Waals surface area contributed by atoms with Crippen LogP contribution in [0.5, 0.6) is 5.75 Å². The van der Waals surface area contributed by atoms with Gasteiger partial charge in [-0.15, -0.1) is 0 Å². The molecule has 1 aromatic carbocycles. The Hall–Kier alpha value is -1.77. The Kier molecular flexibility index (Phi) is 4.64. The number of carbonyl (C=O) groups excluding carboxylic acids is 1. The topological polar surface area (TPSA) is 72.5 Å². The van der Waals surface area contributed by atoms with Gasteiger partial charge in [-0.3, -0.25) is 4.79 Å². The molecule has 5 nitrogen and oxygen atoms in total. The largest absolute Gasteiger partial charge is 0.483 e. The molecule has 0 spiro atoms. The summed E-state index contributed by atoms with van der Waals surface area (Å²) in [6.07, 6.45) is -4.28. The van der Waals surface area contributed by atoms with Gasteiger partial charge >= 0.3 is 6.18 Å². The molecule has 1 unspecified atom stereocenters. The zero-order chi connectivity index (χ0) is 16.4. The highest BCUT2D eigenvalue weighted by atomic mass is 32.2. The molecule has 122 valence electrons. The van der Waals surface area contributed by atoms with Gasteiger partial charge in [0.25, 0.3) is 5.91 Å². The van der Waals surface area contributed by atoms with Gasteiger partial charge in [0.1, 0.15) is 5.75 Å². The number of hydrogen-bond donors (Lipinski definition) is 1. The molecular weight excluding hydrogens is 323 g/mol. The highest BCUT2D eigenvalue weighted by Gasteiger charge is 2.34. The van der Waals surface area contributed by atoms with Gasteiger partial charge in [-0.05, 0) is 18.6 Å². The van der Waals surface area contributed by atoms with Crippen LogP contribution in [0.1, 0.15) is 12.0 Å². The Morgan fingerprint density at radius 2 is 2.00 bits per heavy atom. The first kappa shape index (κ1) is 16.6. The van der Waals surface area contributed by atoms with Crippen molar-refractivity contribution in [3.8, 4) is 5.75 Å². The van der Waals surface area contributed by atoms with Crippen molar-refractivity contribution in [2.45, 2.75) is 18.6 Å². The summed E-state index contributed by atoms with van der Waals surface area (Å²) < 4.78 is 65.6. The van der Waals surface area contributed by atoms with Gasteiger partial charge in [0.15, 0.2) is 16.4 Å². The first-order valence-electron chi connectivity index (χ1n) is 6.46. The summed E-state index contributed by atoms with van der Waals surface area (Å²) in [6, 6.07) is 4.05. The predicted molar refractivity (Wildman–Crippen MR) is 72.1 cm³/mol. The van der Waals surface area contributed by atoms with Crippen LogP contribution in [0.15, 0.2) is 24.3 Å². The van der Waals surface area contributed by atoms with Crippen molar-refractivity contribution in [3.63, 3.8) is 0 Å². The van der Waals surface area contributed by atoms with Crippen LogP contribution >= 0.6 is 0 Å². The van der Waals surface area contributed by atoms with E-state index in [1.54, 1.807) is 0 Å². The molecule has 0 aliphatic carbocycles. The molecule has 1 fully saturated rings. The van der Waals surface area contributed by atoms with E-state index < -0.39 is 45.9 Å². The lowest BCUT2D eigenvalue weighted by Gasteiger charge is -2.15. The number of amides is 1. The Bertz CT molecular complexity index is 657. The predicted octanol–water partition coefficient (Wildman–Crippen LogP) is 1.39. The number of carbonyl (C=O) groups is 1. The summed E-state index contributed by atoms with van der Waals surface area (Å²) >= 11 is 0. The Morgan fingerprint density at radius 3 is 2.59 bits per heavy atom. The van der Waals surface area contributed by atoms with E-state index in [1.807, 2.05) is 0 Å². The zero-order valence-electron chi connectivity index (χ0n) is 11.4. The van der Waals surface area contributed by atoms with E-state index in [1.165, 1.54) is 12.1 Å². The fourth-order valence-electron chi connectivity index (χ4n) is 2.15. The first-order valence-corrected chi connectivity index (χ1v) is 8.28. The molecule has 1 amide bonds. The van der Waals surface area contributed by atoms with Gasteiger partial charge in [-0.2, -0.15) is 13.2 Å². The van der Waals surface area contributed by atoms with Crippen molar-refractivity contribution >= 4 is 15.7 Å². The first-order chi connectivity index (χ1) is 10.2. The van der Waals surface area contributed by atoms with Crippen LogP contribution in [0, 0.1) is 0 Å². The van der Waals surface area contributed by atoms with Crippen LogP contribution in [-0.2, 0) is 20.8 Å². The number of rotatable bonds is 4. The minimum atomic E-state index is -4.58. The van der Waals surface area contributed by atoms with E-state index in [0.717, 1.165) is 12.1 Å². The molecule has 1 heterocycles. The van der Waals surface area contributed by atoms with Crippen LogP contribution < -0.4 is 10.1 Å². The summed E-state index contributed by atoms with van der Waals surface area (Å²) in [5, 5.41) is 2.44. The second kappa shape index (κ2) is 6.15. The second-order valence-electron chi connectivity index (χ2n) is 4.95. The lowest BCUT2D eigenvalue weighted by Crippen LogP contribution is -2.38. The molecule has 1 N–H and O–H groups in total. The number of hydrogen-bond acceptors (Lipinski definition) is 4. The van der Waals surface area contributed by atoms with E-state index in [4.69, 9.17) is 4.74 Å². The number of alkyl halides is 3. The van der Waals surface area contributed by atoms with Crippen LogP contribution in [0.4, 0.5) is 13.2 Å². The molecule has 0 aromatic heterocycles. The Morgan fingerprint density at radius 1 is 1.32 bits per heavy atom. The average Bonchev–Trinajstić information content (AvgIpc) is 2.75. The maximum Gasteiger partial charge on any atom is 0.419 e. The van der Waals surface area contributed by atoms with E-state index in [2.05, 4.69) is 5.32 Å². The van der Waals surface area contributed by atoms with E-state index in [-0.39, 0.29) is 11.5 Å². The minimum absolute atomic E-state index is 0.00426. The van der Waals surface area contributed by atoms with Gasteiger partial charge in [0.2, 0.25) is 0 Å². The normalized spacial score (nSPS) is 20.6.